The molecule has 0 aliphatic carbocycles. The first kappa shape index (κ1) is 15.1. The van der Waals surface area contributed by atoms with Crippen LogP contribution in [0.5, 0.6) is 0 Å². The van der Waals surface area contributed by atoms with Crippen LogP contribution in [0, 0.1) is 17.1 Å². The van der Waals surface area contributed by atoms with Gasteiger partial charge in [-0.05, 0) is 30.3 Å². The summed E-state index contributed by atoms with van der Waals surface area (Å²) < 4.78 is 13.4. The van der Waals surface area contributed by atoms with E-state index < -0.39 is 11.8 Å². The number of benzene rings is 2. The molecular formula is C14H8Cl2FN3O. The largest absolute Gasteiger partial charge is 0.323 e. The van der Waals surface area contributed by atoms with Crippen LogP contribution in [0.25, 0.3) is 0 Å². The van der Waals surface area contributed by atoms with Crippen LogP contribution in [-0.2, 0) is 0 Å². The molecule has 0 unspecified atom stereocenters. The van der Waals surface area contributed by atoms with Crippen LogP contribution in [0.2, 0.25) is 10.0 Å². The average molecular weight is 324 g/mol. The van der Waals surface area contributed by atoms with Crippen molar-refractivity contribution in [1.82, 2.24) is 0 Å². The molecule has 0 radical (unpaired) electrons. The SMILES string of the molecule is N#Cc1c(F)cccc1NC(=O)Nc1cc(Cl)cc(Cl)c1. The molecule has 0 heterocycles. The highest BCUT2D eigenvalue weighted by Crippen LogP contribution is 2.23. The summed E-state index contributed by atoms with van der Waals surface area (Å²) in [5.74, 6) is -0.707. The Morgan fingerprint density at radius 3 is 2.43 bits per heavy atom. The van der Waals surface area contributed by atoms with E-state index in [0.29, 0.717) is 15.7 Å². The second-order valence-electron chi connectivity index (χ2n) is 4.01. The van der Waals surface area contributed by atoms with E-state index in [-0.39, 0.29) is 11.3 Å². The molecule has 0 saturated carbocycles. The standard InChI is InChI=1S/C14H8Cl2FN3O/c15-8-4-9(16)6-10(5-8)19-14(21)20-13-3-1-2-12(17)11(13)7-18/h1-6H,(H2,19,20,21). The Kier molecular flexibility index (Phi) is 4.63. The van der Waals surface area contributed by atoms with Crippen LogP contribution in [-0.4, -0.2) is 6.03 Å². The Hall–Kier alpha value is -2.29. The van der Waals surface area contributed by atoms with Crippen molar-refractivity contribution < 1.29 is 9.18 Å². The molecule has 0 aliphatic heterocycles. The van der Waals surface area contributed by atoms with E-state index in [0.717, 1.165) is 6.07 Å². The van der Waals surface area contributed by atoms with E-state index in [1.807, 2.05) is 0 Å². The van der Waals surface area contributed by atoms with E-state index in [4.69, 9.17) is 28.5 Å². The van der Waals surface area contributed by atoms with Gasteiger partial charge >= 0.3 is 6.03 Å². The van der Waals surface area contributed by atoms with E-state index in [2.05, 4.69) is 10.6 Å². The highest BCUT2D eigenvalue weighted by atomic mass is 35.5. The van der Waals surface area contributed by atoms with Crippen LogP contribution in [0.4, 0.5) is 20.6 Å². The minimum atomic E-state index is -0.707. The summed E-state index contributed by atoms with van der Waals surface area (Å²) in [7, 11) is 0. The number of carbonyl (C=O) groups is 1. The molecule has 0 aromatic heterocycles. The molecule has 0 fully saturated rings. The second kappa shape index (κ2) is 6.44. The average Bonchev–Trinajstić information content (AvgIpc) is 2.37. The van der Waals surface area contributed by atoms with Crippen LogP contribution >= 0.6 is 23.2 Å². The number of anilines is 2. The number of hydrogen-bond acceptors (Lipinski definition) is 2. The van der Waals surface area contributed by atoms with Crippen molar-refractivity contribution in [3.05, 3.63) is 57.8 Å². The van der Waals surface area contributed by atoms with E-state index in [9.17, 15) is 9.18 Å². The number of nitriles is 1. The molecular weight excluding hydrogens is 316 g/mol. The first-order valence-corrected chi connectivity index (χ1v) is 6.48. The van der Waals surface area contributed by atoms with Crippen molar-refractivity contribution in [1.29, 1.82) is 5.26 Å². The van der Waals surface area contributed by atoms with Crippen molar-refractivity contribution in [2.24, 2.45) is 0 Å². The van der Waals surface area contributed by atoms with E-state index in [1.54, 1.807) is 6.07 Å². The molecule has 2 aromatic carbocycles. The fourth-order valence-electron chi connectivity index (χ4n) is 1.65. The molecule has 0 bridgehead atoms. The normalized spacial score (nSPS) is 9.81. The van der Waals surface area contributed by atoms with Gasteiger partial charge in [0.05, 0.1) is 5.69 Å². The van der Waals surface area contributed by atoms with Crippen LogP contribution in [0.3, 0.4) is 0 Å². The fraction of sp³-hybridized carbons (Fsp3) is 0. The number of nitrogens with zero attached hydrogens (tertiary/aromatic N) is 1. The second-order valence-corrected chi connectivity index (χ2v) is 4.88. The maximum Gasteiger partial charge on any atom is 0.323 e. The Labute approximate surface area is 130 Å². The summed E-state index contributed by atoms with van der Waals surface area (Å²) in [5, 5.41) is 14.5. The van der Waals surface area contributed by atoms with Crippen molar-refractivity contribution in [2.45, 2.75) is 0 Å². The molecule has 0 aliphatic rings. The summed E-state index contributed by atoms with van der Waals surface area (Å²) in [5.41, 5.74) is 0.208. The molecule has 0 saturated heterocycles. The minimum Gasteiger partial charge on any atom is -0.308 e. The van der Waals surface area contributed by atoms with E-state index >= 15 is 0 Å². The smallest absolute Gasteiger partial charge is 0.308 e. The van der Waals surface area contributed by atoms with Gasteiger partial charge in [-0.3, -0.25) is 0 Å². The summed E-state index contributed by atoms with van der Waals surface area (Å²) >= 11 is 11.6. The number of nitrogens with one attached hydrogen (secondary N) is 2. The lowest BCUT2D eigenvalue weighted by molar-refractivity contribution is 0.262. The molecule has 106 valence electrons. The van der Waals surface area contributed by atoms with Gasteiger partial charge in [0.2, 0.25) is 0 Å². The van der Waals surface area contributed by atoms with Gasteiger partial charge in [0.25, 0.3) is 0 Å². The molecule has 2 aromatic rings. The van der Waals surface area contributed by atoms with Gasteiger partial charge in [0.15, 0.2) is 0 Å². The van der Waals surface area contributed by atoms with Gasteiger partial charge in [-0.25, -0.2) is 9.18 Å². The molecule has 2 rings (SSSR count). The third-order valence-electron chi connectivity index (χ3n) is 2.49. The topological polar surface area (TPSA) is 64.9 Å². The molecule has 4 nitrogen and oxygen atoms in total. The zero-order valence-corrected chi connectivity index (χ0v) is 12.0. The lowest BCUT2D eigenvalue weighted by atomic mass is 10.2. The first-order valence-electron chi connectivity index (χ1n) is 5.72. The predicted molar refractivity (Wildman–Crippen MR) is 80.2 cm³/mol. The van der Waals surface area contributed by atoms with Gasteiger partial charge < -0.3 is 10.6 Å². The highest BCUT2D eigenvalue weighted by Gasteiger charge is 2.11. The lowest BCUT2D eigenvalue weighted by Gasteiger charge is -2.09. The number of rotatable bonds is 2. The summed E-state index contributed by atoms with van der Waals surface area (Å²) in [6.07, 6.45) is 0. The Balaban J connectivity index is 2.16. The molecule has 0 spiro atoms. The third kappa shape index (κ3) is 3.85. The quantitative estimate of drug-likeness (QED) is 0.844. The van der Waals surface area contributed by atoms with Crippen molar-refractivity contribution >= 4 is 40.6 Å². The van der Waals surface area contributed by atoms with Crippen molar-refractivity contribution in [3.63, 3.8) is 0 Å². The maximum absolute atomic E-state index is 13.4. The monoisotopic (exact) mass is 323 g/mol. The Morgan fingerprint density at radius 1 is 1.14 bits per heavy atom. The summed E-state index contributed by atoms with van der Waals surface area (Å²) in [6, 6.07) is 9.53. The van der Waals surface area contributed by atoms with Gasteiger partial charge in [-0.1, -0.05) is 29.3 Å². The van der Waals surface area contributed by atoms with Crippen LogP contribution < -0.4 is 10.6 Å². The number of urea groups is 1. The number of halogens is 3. The molecule has 2 N–H and O–H groups in total. The van der Waals surface area contributed by atoms with Gasteiger partial charge in [0, 0.05) is 15.7 Å². The van der Waals surface area contributed by atoms with Crippen LogP contribution in [0.15, 0.2) is 36.4 Å². The number of hydrogen-bond donors (Lipinski definition) is 2. The zero-order chi connectivity index (χ0) is 15.4. The lowest BCUT2D eigenvalue weighted by Crippen LogP contribution is -2.20. The predicted octanol–water partition coefficient (Wildman–Crippen LogP) is 4.65. The highest BCUT2D eigenvalue weighted by molar-refractivity contribution is 6.35. The van der Waals surface area contributed by atoms with Crippen LogP contribution in [0.1, 0.15) is 5.56 Å². The van der Waals surface area contributed by atoms with Crippen molar-refractivity contribution in [2.75, 3.05) is 10.6 Å². The molecule has 0 atom stereocenters. The van der Waals surface area contributed by atoms with Gasteiger partial charge in [0.1, 0.15) is 17.4 Å². The van der Waals surface area contributed by atoms with Gasteiger partial charge in [-0.2, -0.15) is 5.26 Å². The number of carbonyl (C=O) groups excluding carboxylic acids is 1. The van der Waals surface area contributed by atoms with Gasteiger partial charge in [-0.15, -0.1) is 0 Å². The van der Waals surface area contributed by atoms with Crippen molar-refractivity contribution in [3.8, 4) is 6.07 Å². The number of amides is 2. The minimum absolute atomic E-state index is 0.0723. The first-order chi connectivity index (χ1) is 9.99. The summed E-state index contributed by atoms with van der Waals surface area (Å²) in [6.45, 7) is 0. The Morgan fingerprint density at radius 2 is 1.81 bits per heavy atom. The molecule has 21 heavy (non-hydrogen) atoms. The van der Waals surface area contributed by atoms with E-state index in [1.165, 1.54) is 30.3 Å². The fourth-order valence-corrected chi connectivity index (χ4v) is 2.18. The third-order valence-corrected chi connectivity index (χ3v) is 2.93. The molecule has 2 amide bonds. The maximum atomic E-state index is 13.4. The zero-order valence-electron chi connectivity index (χ0n) is 10.5. The summed E-state index contributed by atoms with van der Waals surface area (Å²) in [4.78, 5) is 11.8. The molecule has 7 heteroatoms. The Bertz CT molecular complexity index is 723.